The molecule has 1 aromatic rings. The lowest BCUT2D eigenvalue weighted by molar-refractivity contribution is -0.131. The molecule has 4 heteroatoms. The van der Waals surface area contributed by atoms with Crippen molar-refractivity contribution in [2.45, 2.75) is 185 Å². The Bertz CT molecular complexity index is 1030. The molecule has 0 saturated carbocycles. The fourth-order valence-electron chi connectivity index (χ4n) is 6.86. The van der Waals surface area contributed by atoms with Gasteiger partial charge in [-0.25, -0.2) is 9.59 Å². The lowest BCUT2D eigenvalue weighted by Gasteiger charge is -2.15. The fraction of sp³-hybridized carbons (Fsp3) is 0.739. The maximum atomic E-state index is 12.7. The van der Waals surface area contributed by atoms with Crippen molar-refractivity contribution in [2.24, 2.45) is 35.5 Å². The smallest absolute Gasteiger partial charge is 0.336 e. The van der Waals surface area contributed by atoms with E-state index >= 15 is 0 Å². The van der Waals surface area contributed by atoms with Gasteiger partial charge in [-0.2, -0.15) is 0 Å². The van der Waals surface area contributed by atoms with Gasteiger partial charge in [0.25, 0.3) is 0 Å². The monoisotopic (exact) mass is 695 g/mol. The Kier molecular flexibility index (Phi) is 24.9. The van der Waals surface area contributed by atoms with Gasteiger partial charge in [-0.05, 0) is 87.2 Å². The number of carbonyl (C=O) groups excluding carboxylic acids is 2. The van der Waals surface area contributed by atoms with Crippen LogP contribution in [0.15, 0.2) is 47.6 Å². The molecular formula is C46H78O4. The van der Waals surface area contributed by atoms with Gasteiger partial charge in [0.05, 0.1) is 0 Å². The molecule has 1 rings (SSSR count). The molecule has 0 bridgehead atoms. The Hall–Kier alpha value is -2.36. The third kappa shape index (κ3) is 24.7. The number of rotatable bonds is 28. The summed E-state index contributed by atoms with van der Waals surface area (Å²) in [6, 6.07) is 6.89. The molecule has 0 aromatic heterocycles. The number of benzene rings is 1. The highest BCUT2D eigenvalue weighted by molar-refractivity contribution is 5.87. The summed E-state index contributed by atoms with van der Waals surface area (Å²) in [6.45, 7) is 22.7. The van der Waals surface area contributed by atoms with Gasteiger partial charge >= 0.3 is 11.9 Å². The molecule has 0 radical (unpaired) electrons. The predicted molar refractivity (Wildman–Crippen MR) is 215 cm³/mol. The van der Waals surface area contributed by atoms with Crippen LogP contribution in [0.5, 0.6) is 11.5 Å². The molecule has 0 aliphatic heterocycles. The first-order chi connectivity index (χ1) is 23.7. The minimum Gasteiger partial charge on any atom is -0.419 e. The van der Waals surface area contributed by atoms with Crippen LogP contribution in [0, 0.1) is 35.5 Å². The van der Waals surface area contributed by atoms with E-state index in [1.807, 2.05) is 13.8 Å². The van der Waals surface area contributed by atoms with Crippen molar-refractivity contribution < 1.29 is 19.1 Å². The lowest BCUT2D eigenvalue weighted by Crippen LogP contribution is -2.10. The second-order valence-corrected chi connectivity index (χ2v) is 17.0. The zero-order valence-corrected chi connectivity index (χ0v) is 34.3. The molecule has 50 heavy (non-hydrogen) atoms. The van der Waals surface area contributed by atoms with E-state index in [0.29, 0.717) is 11.8 Å². The van der Waals surface area contributed by atoms with E-state index < -0.39 is 11.9 Å². The second-order valence-electron chi connectivity index (χ2n) is 17.0. The van der Waals surface area contributed by atoms with Crippen molar-refractivity contribution in [3.05, 3.63) is 47.6 Å². The Morgan fingerprint density at radius 3 is 1.06 bits per heavy atom. The Balaban J connectivity index is 2.39. The molecular weight excluding hydrogens is 617 g/mol. The van der Waals surface area contributed by atoms with E-state index in [4.69, 9.17) is 9.47 Å². The summed E-state index contributed by atoms with van der Waals surface area (Å²) >= 11 is 0. The van der Waals surface area contributed by atoms with Crippen LogP contribution in [0.25, 0.3) is 0 Å². The maximum Gasteiger partial charge on any atom is 0.336 e. The van der Waals surface area contributed by atoms with Gasteiger partial charge in [0, 0.05) is 12.2 Å². The van der Waals surface area contributed by atoms with Crippen LogP contribution in [0.3, 0.4) is 0 Å². The normalized spacial score (nSPS) is 14.9. The highest BCUT2D eigenvalue weighted by atomic mass is 16.6. The summed E-state index contributed by atoms with van der Waals surface area (Å²) in [5.41, 5.74) is 2.02. The first-order valence-corrected chi connectivity index (χ1v) is 20.6. The van der Waals surface area contributed by atoms with Gasteiger partial charge in [-0.1, -0.05) is 169 Å². The molecule has 0 aliphatic rings. The minimum atomic E-state index is -0.438. The molecule has 0 amide bonds. The third-order valence-electron chi connectivity index (χ3n) is 10.3. The van der Waals surface area contributed by atoms with Gasteiger partial charge in [0.15, 0.2) is 11.5 Å². The molecule has 0 aliphatic carbocycles. The summed E-state index contributed by atoms with van der Waals surface area (Å²) in [5, 5.41) is 0. The molecule has 4 unspecified atom stereocenters. The number of ether oxygens (including phenoxy) is 2. The number of hydrogen-bond acceptors (Lipinski definition) is 4. The molecule has 0 N–H and O–H groups in total. The topological polar surface area (TPSA) is 52.6 Å². The van der Waals surface area contributed by atoms with Crippen molar-refractivity contribution in [1.29, 1.82) is 0 Å². The van der Waals surface area contributed by atoms with Crippen molar-refractivity contribution >= 4 is 11.9 Å². The first-order valence-electron chi connectivity index (χ1n) is 20.6. The van der Waals surface area contributed by atoms with E-state index in [2.05, 4.69) is 55.4 Å². The number of carbonyl (C=O) groups is 2. The Labute approximate surface area is 309 Å². The van der Waals surface area contributed by atoms with E-state index in [-0.39, 0.29) is 11.5 Å². The van der Waals surface area contributed by atoms with Crippen LogP contribution < -0.4 is 9.47 Å². The van der Waals surface area contributed by atoms with Crippen molar-refractivity contribution in [3.63, 3.8) is 0 Å². The lowest BCUT2D eigenvalue weighted by atomic mass is 9.91. The van der Waals surface area contributed by atoms with Crippen LogP contribution in [0.1, 0.15) is 185 Å². The summed E-state index contributed by atoms with van der Waals surface area (Å²) in [7, 11) is 0. The molecule has 4 nitrogen and oxygen atoms in total. The largest absolute Gasteiger partial charge is 0.419 e. The fourth-order valence-corrected chi connectivity index (χ4v) is 6.86. The highest BCUT2D eigenvalue weighted by Gasteiger charge is 2.13. The summed E-state index contributed by atoms with van der Waals surface area (Å²) in [6.07, 6.45) is 25.3. The van der Waals surface area contributed by atoms with E-state index in [0.717, 1.165) is 60.5 Å². The van der Waals surface area contributed by atoms with Gasteiger partial charge in [0.2, 0.25) is 0 Å². The Morgan fingerprint density at radius 1 is 0.480 bits per heavy atom. The van der Waals surface area contributed by atoms with Crippen LogP contribution in [0.4, 0.5) is 0 Å². The van der Waals surface area contributed by atoms with E-state index in [1.165, 1.54) is 89.9 Å². The average molecular weight is 695 g/mol. The number of hydrogen-bond donors (Lipinski definition) is 0. The predicted octanol–water partition coefficient (Wildman–Crippen LogP) is 14.3. The van der Waals surface area contributed by atoms with Crippen LogP contribution in [0.2, 0.25) is 0 Å². The molecule has 0 heterocycles. The molecule has 0 saturated heterocycles. The number of allylic oxidation sites excluding steroid dienone is 2. The van der Waals surface area contributed by atoms with Gasteiger partial charge in [0.1, 0.15) is 0 Å². The zero-order chi connectivity index (χ0) is 37.3. The molecule has 1 aromatic carbocycles. The third-order valence-corrected chi connectivity index (χ3v) is 10.3. The van der Waals surface area contributed by atoms with Crippen LogP contribution in [-0.4, -0.2) is 11.9 Å². The van der Waals surface area contributed by atoms with Crippen molar-refractivity contribution in [1.82, 2.24) is 0 Å². The van der Waals surface area contributed by atoms with Crippen molar-refractivity contribution in [2.75, 3.05) is 0 Å². The summed E-state index contributed by atoms with van der Waals surface area (Å²) < 4.78 is 11.2. The number of para-hydroxylation sites is 2. The minimum absolute atomic E-state index is 0.260. The second kappa shape index (κ2) is 27.3. The van der Waals surface area contributed by atoms with Gasteiger partial charge in [-0.15, -0.1) is 0 Å². The van der Waals surface area contributed by atoms with Gasteiger partial charge in [-0.3, -0.25) is 0 Å². The number of esters is 2. The van der Waals surface area contributed by atoms with E-state index in [1.54, 1.807) is 36.4 Å². The summed E-state index contributed by atoms with van der Waals surface area (Å²) in [5.74, 6) is 4.33. The molecule has 0 spiro atoms. The maximum absolute atomic E-state index is 12.7. The SMILES string of the molecule is C/C(=C\C(=O)Oc1ccccc1OC(=O)/C=C(\C)CCCC(C)CCCC(C)CCCC(C)C)CCCC(C)CCCC(C)CCCC(C)C. The summed E-state index contributed by atoms with van der Waals surface area (Å²) in [4.78, 5) is 25.5. The van der Waals surface area contributed by atoms with Crippen LogP contribution in [-0.2, 0) is 9.59 Å². The van der Waals surface area contributed by atoms with Crippen LogP contribution >= 0.6 is 0 Å². The highest BCUT2D eigenvalue weighted by Crippen LogP contribution is 2.28. The quantitative estimate of drug-likeness (QED) is 0.0498. The Morgan fingerprint density at radius 2 is 0.760 bits per heavy atom. The van der Waals surface area contributed by atoms with Crippen molar-refractivity contribution in [3.8, 4) is 11.5 Å². The molecule has 0 fully saturated rings. The molecule has 4 atom stereocenters. The van der Waals surface area contributed by atoms with E-state index in [9.17, 15) is 9.59 Å². The molecule has 286 valence electrons. The first kappa shape index (κ1) is 45.7. The average Bonchev–Trinajstić information content (AvgIpc) is 3.01. The standard InChI is InChI=1S/C46H78O4/c1-35(2)19-13-21-37(5)23-15-25-39(7)27-17-29-41(9)33-45(47)49-43-31-11-12-32-44(43)50-46(48)34-42(10)30-18-28-40(8)26-16-24-38(6)22-14-20-36(3)4/h11-12,31-40H,13-30H2,1-10H3/b41-33+,42-34+. The zero-order valence-electron chi connectivity index (χ0n) is 34.3. The van der Waals surface area contributed by atoms with Gasteiger partial charge < -0.3 is 9.47 Å².